The van der Waals surface area contributed by atoms with Crippen LogP contribution in [0.25, 0.3) is 11.0 Å². The van der Waals surface area contributed by atoms with Crippen molar-refractivity contribution in [3.63, 3.8) is 0 Å². The molecule has 28 heavy (non-hydrogen) atoms. The predicted molar refractivity (Wildman–Crippen MR) is 101 cm³/mol. The summed E-state index contributed by atoms with van der Waals surface area (Å²) in [6, 6.07) is 0.892. The standard InChI is InChI=1S/C18H26N6O4/c1-9-12(22-17(27)11-4-3-7-24(11)2)14(25)15(26)18(28-9)23-16-13-10(5-6-19-13)20-8-21-16/h5-6,8-9,11-12,14-15,18-19,25-26H,3-4,7H2,1-2H3,(H,22,27)(H,20,21,23)/t9-,11+,12-,14+,15-,18-/m0/s1. The van der Waals surface area contributed by atoms with Crippen molar-refractivity contribution in [2.45, 2.75) is 56.4 Å². The monoisotopic (exact) mass is 390 g/mol. The van der Waals surface area contributed by atoms with Crippen LogP contribution < -0.4 is 10.6 Å². The molecule has 0 unspecified atom stereocenters. The van der Waals surface area contributed by atoms with E-state index >= 15 is 0 Å². The van der Waals surface area contributed by atoms with E-state index in [-0.39, 0.29) is 11.9 Å². The van der Waals surface area contributed by atoms with Crippen molar-refractivity contribution in [1.82, 2.24) is 25.2 Å². The van der Waals surface area contributed by atoms with Crippen LogP contribution in [0.1, 0.15) is 19.8 Å². The molecule has 2 saturated heterocycles. The molecule has 10 nitrogen and oxygen atoms in total. The number of nitrogens with zero attached hydrogens (tertiary/aromatic N) is 3. The van der Waals surface area contributed by atoms with Gasteiger partial charge in [-0.25, -0.2) is 9.97 Å². The van der Waals surface area contributed by atoms with Gasteiger partial charge in [-0.1, -0.05) is 0 Å². The number of hydrogen-bond acceptors (Lipinski definition) is 8. The Balaban J connectivity index is 1.45. The molecule has 4 heterocycles. The number of aliphatic hydroxyl groups excluding tert-OH is 2. The van der Waals surface area contributed by atoms with Crippen molar-refractivity contribution >= 4 is 22.8 Å². The lowest BCUT2D eigenvalue weighted by atomic mass is 9.95. The van der Waals surface area contributed by atoms with Crippen LogP contribution in [-0.2, 0) is 9.53 Å². The van der Waals surface area contributed by atoms with Crippen LogP contribution in [0, 0.1) is 0 Å². The lowest BCUT2D eigenvalue weighted by Crippen LogP contribution is -2.65. The van der Waals surface area contributed by atoms with Gasteiger partial charge in [-0.2, -0.15) is 0 Å². The Bertz CT molecular complexity index is 844. The predicted octanol–water partition coefficient (Wildman–Crippen LogP) is -0.585. The van der Waals surface area contributed by atoms with Crippen LogP contribution in [-0.4, -0.2) is 86.2 Å². The number of fused-ring (bicyclic) bond motifs is 1. The number of carbonyl (C=O) groups excluding carboxylic acids is 1. The number of aromatic amines is 1. The van der Waals surface area contributed by atoms with Gasteiger partial charge < -0.3 is 30.6 Å². The molecule has 0 aromatic carbocycles. The SMILES string of the molecule is C[C@@H]1O[C@H](Nc2ncnc3cc[nH]c23)[C@@H](O)[C@H](O)[C@H]1NC(=O)[C@H]1CCCN1C. The van der Waals surface area contributed by atoms with Gasteiger partial charge in [0.05, 0.1) is 23.7 Å². The zero-order valence-electron chi connectivity index (χ0n) is 15.9. The molecule has 0 bridgehead atoms. The van der Waals surface area contributed by atoms with Crippen LogP contribution in [0.5, 0.6) is 0 Å². The first-order valence-corrected chi connectivity index (χ1v) is 9.52. The largest absolute Gasteiger partial charge is 0.388 e. The number of aromatic nitrogens is 3. The summed E-state index contributed by atoms with van der Waals surface area (Å²) in [5, 5.41) is 27.1. The van der Waals surface area contributed by atoms with Gasteiger partial charge in [0, 0.05) is 6.20 Å². The summed E-state index contributed by atoms with van der Waals surface area (Å²) in [4.78, 5) is 25.9. The van der Waals surface area contributed by atoms with Gasteiger partial charge in [0.15, 0.2) is 12.0 Å². The minimum absolute atomic E-state index is 0.151. The van der Waals surface area contributed by atoms with Gasteiger partial charge in [0.25, 0.3) is 0 Å². The van der Waals surface area contributed by atoms with Gasteiger partial charge in [-0.15, -0.1) is 0 Å². The molecule has 2 aliphatic rings. The van der Waals surface area contributed by atoms with E-state index in [4.69, 9.17) is 4.74 Å². The number of likely N-dealkylation sites (tertiary alicyclic amines) is 1. The third-order valence-electron chi connectivity index (χ3n) is 5.65. The molecule has 1 amide bonds. The maximum Gasteiger partial charge on any atom is 0.237 e. The minimum atomic E-state index is -1.25. The topological polar surface area (TPSA) is 136 Å². The Morgan fingerprint density at radius 2 is 2.18 bits per heavy atom. The summed E-state index contributed by atoms with van der Waals surface area (Å²) < 4.78 is 5.88. The first-order valence-electron chi connectivity index (χ1n) is 9.52. The summed E-state index contributed by atoms with van der Waals surface area (Å²) in [6.07, 6.45) is 1.09. The van der Waals surface area contributed by atoms with Crippen molar-refractivity contribution in [1.29, 1.82) is 0 Å². The van der Waals surface area contributed by atoms with E-state index in [9.17, 15) is 15.0 Å². The Kier molecular flexibility index (Phi) is 5.19. The van der Waals surface area contributed by atoms with Gasteiger partial charge >= 0.3 is 0 Å². The number of carbonyl (C=O) groups is 1. The highest BCUT2D eigenvalue weighted by molar-refractivity contribution is 5.85. The molecule has 0 aliphatic carbocycles. The lowest BCUT2D eigenvalue weighted by Gasteiger charge is -2.42. The average Bonchev–Trinajstić information content (AvgIpc) is 3.32. The van der Waals surface area contributed by atoms with Gasteiger partial charge in [0.1, 0.15) is 24.1 Å². The molecule has 10 heteroatoms. The summed E-state index contributed by atoms with van der Waals surface area (Å²) in [6.45, 7) is 2.63. The van der Waals surface area contributed by atoms with E-state index in [1.54, 1.807) is 13.1 Å². The second-order valence-electron chi connectivity index (χ2n) is 7.52. The number of ether oxygens (including phenoxy) is 1. The number of aliphatic hydroxyl groups is 2. The minimum Gasteiger partial charge on any atom is -0.388 e. The van der Waals surface area contributed by atoms with E-state index in [1.807, 2.05) is 18.0 Å². The van der Waals surface area contributed by atoms with Crippen molar-refractivity contribution < 1.29 is 19.7 Å². The number of H-pyrrole nitrogens is 1. The summed E-state index contributed by atoms with van der Waals surface area (Å²) in [5.74, 6) is 0.315. The quantitative estimate of drug-likeness (QED) is 0.468. The number of likely N-dealkylation sites (N-methyl/N-ethyl adjacent to an activating group) is 1. The van der Waals surface area contributed by atoms with E-state index in [1.165, 1.54) is 6.33 Å². The Labute approximate surface area is 162 Å². The van der Waals surface area contributed by atoms with E-state index in [0.717, 1.165) is 24.9 Å². The highest BCUT2D eigenvalue weighted by Gasteiger charge is 2.44. The first kappa shape index (κ1) is 19.1. The molecule has 2 fully saturated rings. The van der Waals surface area contributed by atoms with E-state index in [0.29, 0.717) is 11.3 Å². The molecule has 2 aromatic rings. The molecular formula is C18H26N6O4. The van der Waals surface area contributed by atoms with Crippen LogP contribution in [0.4, 0.5) is 5.82 Å². The third-order valence-corrected chi connectivity index (χ3v) is 5.65. The molecule has 0 saturated carbocycles. The molecule has 0 radical (unpaired) electrons. The fraction of sp³-hybridized carbons (Fsp3) is 0.611. The van der Waals surface area contributed by atoms with Crippen molar-refractivity contribution in [3.8, 4) is 0 Å². The van der Waals surface area contributed by atoms with E-state index < -0.39 is 30.6 Å². The second kappa shape index (κ2) is 7.63. The normalized spacial score (nSPS) is 33.9. The van der Waals surface area contributed by atoms with Crippen LogP contribution in [0.15, 0.2) is 18.6 Å². The van der Waals surface area contributed by atoms with Crippen molar-refractivity contribution in [2.24, 2.45) is 0 Å². The molecular weight excluding hydrogens is 364 g/mol. The summed E-state index contributed by atoms with van der Waals surface area (Å²) in [7, 11) is 1.91. The van der Waals surface area contributed by atoms with Crippen LogP contribution in [0.3, 0.4) is 0 Å². The second-order valence-corrected chi connectivity index (χ2v) is 7.52. The molecule has 6 atom stereocenters. The molecule has 152 valence electrons. The smallest absolute Gasteiger partial charge is 0.237 e. The molecule has 2 aromatic heterocycles. The molecule has 0 spiro atoms. The Morgan fingerprint density at radius 3 is 2.93 bits per heavy atom. The zero-order valence-corrected chi connectivity index (χ0v) is 15.9. The fourth-order valence-electron chi connectivity index (χ4n) is 4.01. The number of nitrogens with one attached hydrogen (secondary N) is 3. The van der Waals surface area contributed by atoms with Crippen LogP contribution in [0.2, 0.25) is 0 Å². The van der Waals surface area contributed by atoms with Crippen molar-refractivity contribution in [2.75, 3.05) is 18.9 Å². The fourth-order valence-corrected chi connectivity index (χ4v) is 4.01. The van der Waals surface area contributed by atoms with E-state index in [2.05, 4.69) is 25.6 Å². The summed E-state index contributed by atoms with van der Waals surface area (Å²) >= 11 is 0. The van der Waals surface area contributed by atoms with Gasteiger partial charge in [-0.05, 0) is 39.4 Å². The highest BCUT2D eigenvalue weighted by Crippen LogP contribution is 2.25. The molecule has 2 aliphatic heterocycles. The third kappa shape index (κ3) is 3.44. The maximum atomic E-state index is 12.6. The number of amides is 1. The maximum absolute atomic E-state index is 12.6. The average molecular weight is 390 g/mol. The van der Waals surface area contributed by atoms with Gasteiger partial charge in [0.2, 0.25) is 5.91 Å². The number of rotatable bonds is 4. The Morgan fingerprint density at radius 1 is 1.36 bits per heavy atom. The van der Waals surface area contributed by atoms with Crippen molar-refractivity contribution in [3.05, 3.63) is 18.6 Å². The highest BCUT2D eigenvalue weighted by atomic mass is 16.5. The summed E-state index contributed by atoms with van der Waals surface area (Å²) in [5.41, 5.74) is 1.40. The molecule has 5 N–H and O–H groups in total. The van der Waals surface area contributed by atoms with Gasteiger partial charge in [-0.3, -0.25) is 9.69 Å². The van der Waals surface area contributed by atoms with Crippen LogP contribution >= 0.6 is 0 Å². The lowest BCUT2D eigenvalue weighted by molar-refractivity contribution is -0.173. The number of anilines is 1. The zero-order chi connectivity index (χ0) is 19.8. The molecule has 4 rings (SSSR count). The first-order chi connectivity index (χ1) is 13.5. The Hall–Kier alpha value is -2.27. The number of hydrogen-bond donors (Lipinski definition) is 5.